The van der Waals surface area contributed by atoms with Crippen molar-refractivity contribution >= 4 is 11.8 Å². The van der Waals surface area contributed by atoms with Gasteiger partial charge in [-0.15, -0.1) is 0 Å². The number of carbonyl (C=O) groups excluding carboxylic acids is 2. The molecule has 0 aliphatic carbocycles. The topological polar surface area (TPSA) is 54.8 Å². The molecule has 0 N–H and O–H groups in total. The van der Waals surface area contributed by atoms with E-state index in [-0.39, 0.29) is 24.3 Å². The Kier molecular flexibility index (Phi) is 10.5. The van der Waals surface area contributed by atoms with Crippen LogP contribution >= 0.6 is 0 Å². The molecule has 0 bridgehead atoms. The Morgan fingerprint density at radius 2 is 1.88 bits per heavy atom. The van der Waals surface area contributed by atoms with Crippen LogP contribution in [0.3, 0.4) is 0 Å². The molecule has 0 aliphatic rings. The minimum atomic E-state index is -0.157. The van der Waals surface area contributed by atoms with Gasteiger partial charge < -0.3 is 19.1 Å². The van der Waals surface area contributed by atoms with Crippen molar-refractivity contribution in [3.63, 3.8) is 0 Å². The Morgan fingerprint density at radius 1 is 1.09 bits per heavy atom. The molecule has 1 aromatic heterocycles. The largest absolute Gasteiger partial charge is 0.383 e. The molecule has 1 aromatic carbocycles. The third-order valence-corrected chi connectivity index (χ3v) is 5.54. The van der Waals surface area contributed by atoms with Crippen molar-refractivity contribution in [1.82, 2.24) is 14.4 Å². The minimum Gasteiger partial charge on any atom is -0.383 e. The summed E-state index contributed by atoms with van der Waals surface area (Å²) in [6.07, 6.45) is 4.00. The van der Waals surface area contributed by atoms with Crippen LogP contribution in [-0.2, 0) is 27.4 Å². The van der Waals surface area contributed by atoms with Crippen molar-refractivity contribution in [2.45, 2.75) is 53.6 Å². The van der Waals surface area contributed by atoms with Crippen molar-refractivity contribution < 1.29 is 14.3 Å². The number of aryl methyl sites for hydroxylation is 1. The molecule has 2 aromatic rings. The molecule has 0 saturated heterocycles. The number of ether oxygens (including phenoxy) is 1. The van der Waals surface area contributed by atoms with Crippen LogP contribution in [0.25, 0.3) is 0 Å². The highest BCUT2D eigenvalue weighted by molar-refractivity contribution is 5.85. The van der Waals surface area contributed by atoms with Crippen molar-refractivity contribution in [2.24, 2.45) is 5.92 Å². The third kappa shape index (κ3) is 7.83. The molecule has 0 unspecified atom stereocenters. The van der Waals surface area contributed by atoms with E-state index in [0.717, 1.165) is 25.1 Å². The summed E-state index contributed by atoms with van der Waals surface area (Å²) < 4.78 is 7.35. The number of hydrogen-bond acceptors (Lipinski definition) is 3. The fraction of sp³-hybridized carbons (Fsp3) is 0.538. The summed E-state index contributed by atoms with van der Waals surface area (Å²) in [7, 11) is 1.61. The summed E-state index contributed by atoms with van der Waals surface area (Å²) in [5.41, 5.74) is 3.57. The zero-order chi connectivity index (χ0) is 23.5. The predicted molar refractivity (Wildman–Crippen MR) is 128 cm³/mol. The Balaban J connectivity index is 2.15. The van der Waals surface area contributed by atoms with Crippen molar-refractivity contribution in [3.8, 4) is 0 Å². The maximum atomic E-state index is 13.3. The van der Waals surface area contributed by atoms with Gasteiger partial charge in [-0.1, -0.05) is 57.0 Å². The van der Waals surface area contributed by atoms with Crippen molar-refractivity contribution in [3.05, 3.63) is 59.4 Å². The number of carbonyl (C=O) groups is 2. The van der Waals surface area contributed by atoms with E-state index in [1.807, 2.05) is 24.8 Å². The van der Waals surface area contributed by atoms with Gasteiger partial charge in [0.25, 0.3) is 0 Å². The van der Waals surface area contributed by atoms with Crippen molar-refractivity contribution in [2.75, 3.05) is 33.4 Å². The SMILES string of the molecule is CCCCN(Cc1cccn1Cc1cccc(C)c1)C(=O)CN(CCOC)C(=O)C(C)C. The van der Waals surface area contributed by atoms with Gasteiger partial charge in [-0.3, -0.25) is 9.59 Å². The summed E-state index contributed by atoms with van der Waals surface area (Å²) in [6, 6.07) is 12.6. The molecule has 1 heterocycles. The maximum Gasteiger partial charge on any atom is 0.242 e. The van der Waals surface area contributed by atoms with E-state index in [4.69, 9.17) is 4.74 Å². The van der Waals surface area contributed by atoms with E-state index in [0.29, 0.717) is 26.2 Å². The second-order valence-corrected chi connectivity index (χ2v) is 8.69. The van der Waals surface area contributed by atoms with Crippen LogP contribution in [0.15, 0.2) is 42.6 Å². The lowest BCUT2D eigenvalue weighted by molar-refractivity contribution is -0.143. The first-order valence-corrected chi connectivity index (χ1v) is 11.6. The van der Waals surface area contributed by atoms with Crippen LogP contribution in [0.2, 0.25) is 0 Å². The van der Waals surface area contributed by atoms with Crippen LogP contribution < -0.4 is 0 Å². The fourth-order valence-electron chi connectivity index (χ4n) is 3.69. The number of nitrogens with zero attached hydrogens (tertiary/aromatic N) is 3. The van der Waals surface area contributed by atoms with Crippen molar-refractivity contribution in [1.29, 1.82) is 0 Å². The van der Waals surface area contributed by atoms with E-state index < -0.39 is 0 Å². The first kappa shape index (κ1) is 25.7. The number of rotatable bonds is 13. The van der Waals surface area contributed by atoms with Crippen LogP contribution in [0.4, 0.5) is 0 Å². The number of amides is 2. The highest BCUT2D eigenvalue weighted by Crippen LogP contribution is 2.13. The average molecular weight is 442 g/mol. The molecule has 2 rings (SSSR count). The molecule has 0 spiro atoms. The number of benzene rings is 1. The summed E-state index contributed by atoms with van der Waals surface area (Å²) >= 11 is 0. The predicted octanol–water partition coefficient (Wildman–Crippen LogP) is 4.10. The molecule has 0 fully saturated rings. The molecule has 6 heteroatoms. The van der Waals surface area contributed by atoms with Crippen LogP contribution in [0, 0.1) is 12.8 Å². The quantitative estimate of drug-likeness (QED) is 0.470. The van der Waals surface area contributed by atoms with E-state index in [1.165, 1.54) is 11.1 Å². The van der Waals surface area contributed by atoms with Gasteiger partial charge in [-0.2, -0.15) is 0 Å². The third-order valence-electron chi connectivity index (χ3n) is 5.54. The average Bonchev–Trinajstić information content (AvgIpc) is 3.19. The number of unbranched alkanes of at least 4 members (excludes halogenated alkanes) is 1. The molecule has 0 saturated carbocycles. The second-order valence-electron chi connectivity index (χ2n) is 8.69. The molecular weight excluding hydrogens is 402 g/mol. The van der Waals surface area contributed by atoms with E-state index in [1.54, 1.807) is 12.0 Å². The Hall–Kier alpha value is -2.60. The summed E-state index contributed by atoms with van der Waals surface area (Å²) in [6.45, 7) is 10.8. The molecular formula is C26H39N3O3. The van der Waals surface area contributed by atoms with Crippen LogP contribution in [0.5, 0.6) is 0 Å². The monoisotopic (exact) mass is 441 g/mol. The smallest absolute Gasteiger partial charge is 0.242 e. The van der Waals surface area contributed by atoms with Crippen LogP contribution in [-0.4, -0.2) is 59.5 Å². The van der Waals surface area contributed by atoms with Gasteiger partial charge in [0.05, 0.1) is 19.7 Å². The van der Waals surface area contributed by atoms with Gasteiger partial charge in [0, 0.05) is 44.6 Å². The van der Waals surface area contributed by atoms with Gasteiger partial charge in [0.15, 0.2) is 0 Å². The molecule has 0 radical (unpaired) electrons. The highest BCUT2D eigenvalue weighted by atomic mass is 16.5. The normalized spacial score (nSPS) is 11.1. The highest BCUT2D eigenvalue weighted by Gasteiger charge is 2.23. The van der Waals surface area contributed by atoms with E-state index in [9.17, 15) is 9.59 Å². The maximum absolute atomic E-state index is 13.3. The lowest BCUT2D eigenvalue weighted by Crippen LogP contribution is -2.45. The van der Waals surface area contributed by atoms with E-state index in [2.05, 4.69) is 54.9 Å². The van der Waals surface area contributed by atoms with Crippen LogP contribution in [0.1, 0.15) is 50.4 Å². The fourth-order valence-corrected chi connectivity index (χ4v) is 3.69. The van der Waals surface area contributed by atoms with Gasteiger partial charge in [0.1, 0.15) is 0 Å². The lowest BCUT2D eigenvalue weighted by atomic mass is 10.1. The Labute approximate surface area is 193 Å². The molecule has 32 heavy (non-hydrogen) atoms. The van der Waals surface area contributed by atoms with Gasteiger partial charge in [0.2, 0.25) is 11.8 Å². The molecule has 0 aliphatic heterocycles. The zero-order valence-electron chi connectivity index (χ0n) is 20.3. The summed E-state index contributed by atoms with van der Waals surface area (Å²) in [5, 5.41) is 0. The molecule has 176 valence electrons. The van der Waals surface area contributed by atoms with Gasteiger partial charge in [-0.25, -0.2) is 0 Å². The number of hydrogen-bond donors (Lipinski definition) is 0. The molecule has 6 nitrogen and oxygen atoms in total. The standard InChI is InChI=1S/C26H39N3O3/c1-6-7-13-28(25(30)20-29(15-16-32-5)26(31)21(2)3)19-24-12-9-14-27(24)18-23-11-8-10-22(4)17-23/h8-12,14,17,21H,6-7,13,15-16,18-20H2,1-5H3. The summed E-state index contributed by atoms with van der Waals surface area (Å²) in [5.74, 6) is -0.198. The van der Waals surface area contributed by atoms with Gasteiger partial charge >= 0.3 is 0 Å². The minimum absolute atomic E-state index is 0.0198. The first-order valence-electron chi connectivity index (χ1n) is 11.6. The first-order chi connectivity index (χ1) is 15.3. The zero-order valence-corrected chi connectivity index (χ0v) is 20.3. The summed E-state index contributed by atoms with van der Waals surface area (Å²) in [4.78, 5) is 29.4. The number of aromatic nitrogens is 1. The Bertz CT molecular complexity index is 860. The van der Waals surface area contributed by atoms with Gasteiger partial charge in [-0.05, 0) is 31.0 Å². The lowest BCUT2D eigenvalue weighted by Gasteiger charge is -2.29. The van der Waals surface area contributed by atoms with E-state index >= 15 is 0 Å². The molecule has 2 amide bonds. The second kappa shape index (κ2) is 13.1. The Morgan fingerprint density at radius 3 is 2.53 bits per heavy atom. The molecule has 0 atom stereocenters. The number of methoxy groups -OCH3 is 1.